The predicted octanol–water partition coefficient (Wildman–Crippen LogP) is 5.23. The van der Waals surface area contributed by atoms with E-state index in [1.807, 2.05) is 0 Å². The summed E-state index contributed by atoms with van der Waals surface area (Å²) in [7, 11) is 2.72. The maximum Gasteiger partial charge on any atom is 0.258 e. The fourth-order valence-corrected chi connectivity index (χ4v) is 5.86. The molecule has 0 aromatic heterocycles. The second-order valence-electron chi connectivity index (χ2n) is 10.4. The summed E-state index contributed by atoms with van der Waals surface area (Å²) in [6.07, 6.45) is 1.65. The lowest BCUT2D eigenvalue weighted by Gasteiger charge is -2.50. The van der Waals surface area contributed by atoms with Gasteiger partial charge in [-0.1, -0.05) is 18.2 Å². The van der Waals surface area contributed by atoms with Gasteiger partial charge in [0.15, 0.2) is 11.5 Å². The van der Waals surface area contributed by atoms with Gasteiger partial charge in [-0.25, -0.2) is 13.2 Å². The Labute approximate surface area is 236 Å². The van der Waals surface area contributed by atoms with Crippen LogP contribution in [-0.4, -0.2) is 63.3 Å². The Morgan fingerprint density at radius 1 is 1.00 bits per heavy atom. The maximum atomic E-state index is 15.2. The molecule has 3 aromatic rings. The van der Waals surface area contributed by atoms with E-state index in [9.17, 15) is 18.4 Å². The minimum absolute atomic E-state index is 0.0149. The summed E-state index contributed by atoms with van der Waals surface area (Å²) in [5.74, 6) is -2.77. The van der Waals surface area contributed by atoms with E-state index in [0.29, 0.717) is 43.5 Å². The molecule has 1 N–H and O–H groups in total. The Morgan fingerprint density at radius 2 is 1.76 bits per heavy atom. The maximum absolute atomic E-state index is 15.2. The molecule has 41 heavy (non-hydrogen) atoms. The summed E-state index contributed by atoms with van der Waals surface area (Å²) in [5, 5.41) is 2.83. The van der Waals surface area contributed by atoms with Gasteiger partial charge in [0, 0.05) is 31.7 Å². The highest BCUT2D eigenvalue weighted by Crippen LogP contribution is 2.41. The number of piperidine rings is 1. The first-order chi connectivity index (χ1) is 19.8. The molecular formula is C31H31F3N2O5. The molecule has 0 aliphatic carbocycles. The quantitative estimate of drug-likeness (QED) is 0.423. The third-order valence-corrected chi connectivity index (χ3v) is 7.98. The smallest absolute Gasteiger partial charge is 0.258 e. The van der Waals surface area contributed by atoms with Crippen molar-refractivity contribution in [2.24, 2.45) is 5.41 Å². The standard InChI is InChI=1S/C31H31F3N2O5/c1-39-25-11-10-23(33)27(28(25)40-2)29(37)35-17-31-13-3-15-41-26(31)12-14-36(18-31)30(38)22-9-6-20(16-24(22)34)19-4-7-21(32)8-5-19/h4-11,16,26H,3,12-15,17-18H2,1-2H3,(H,35,37)/t26-,31-/m1/s1. The number of likely N-dealkylation sites (tertiary alicyclic amines) is 1. The van der Waals surface area contributed by atoms with E-state index in [2.05, 4.69) is 5.32 Å². The van der Waals surface area contributed by atoms with E-state index < -0.39 is 34.7 Å². The molecule has 2 fully saturated rings. The fourth-order valence-electron chi connectivity index (χ4n) is 5.86. The lowest BCUT2D eigenvalue weighted by Crippen LogP contribution is -2.60. The van der Waals surface area contributed by atoms with Crippen LogP contribution in [0, 0.1) is 22.9 Å². The summed E-state index contributed by atoms with van der Waals surface area (Å²) in [6.45, 7) is 1.27. The van der Waals surface area contributed by atoms with Crippen molar-refractivity contribution < 1.29 is 37.0 Å². The van der Waals surface area contributed by atoms with Crippen molar-refractivity contribution in [1.29, 1.82) is 0 Å². The zero-order chi connectivity index (χ0) is 29.1. The molecule has 10 heteroatoms. The molecule has 0 radical (unpaired) electrons. The van der Waals surface area contributed by atoms with Gasteiger partial charge in [0.05, 0.1) is 25.9 Å². The lowest BCUT2D eigenvalue weighted by atomic mass is 9.72. The molecule has 2 aliphatic heterocycles. The van der Waals surface area contributed by atoms with Crippen molar-refractivity contribution in [3.8, 4) is 22.6 Å². The fraction of sp³-hybridized carbons (Fsp3) is 0.355. The van der Waals surface area contributed by atoms with Crippen LogP contribution >= 0.6 is 0 Å². The van der Waals surface area contributed by atoms with Crippen molar-refractivity contribution in [2.75, 3.05) is 40.5 Å². The van der Waals surface area contributed by atoms with Crippen LogP contribution in [0.5, 0.6) is 11.5 Å². The molecule has 5 rings (SSSR count). The van der Waals surface area contributed by atoms with Gasteiger partial charge in [-0.05, 0) is 66.8 Å². The van der Waals surface area contributed by atoms with Crippen LogP contribution in [0.3, 0.4) is 0 Å². The van der Waals surface area contributed by atoms with Gasteiger partial charge in [-0.3, -0.25) is 9.59 Å². The first-order valence-corrected chi connectivity index (χ1v) is 13.4. The van der Waals surface area contributed by atoms with Gasteiger partial charge in [0.2, 0.25) is 0 Å². The number of carbonyl (C=O) groups excluding carboxylic acids is 2. The minimum Gasteiger partial charge on any atom is -0.493 e. The molecular weight excluding hydrogens is 537 g/mol. The summed E-state index contributed by atoms with van der Waals surface area (Å²) in [6, 6.07) is 12.5. The van der Waals surface area contributed by atoms with E-state index in [0.717, 1.165) is 6.07 Å². The average Bonchev–Trinajstić information content (AvgIpc) is 2.99. The van der Waals surface area contributed by atoms with Crippen molar-refractivity contribution in [1.82, 2.24) is 10.2 Å². The first-order valence-electron chi connectivity index (χ1n) is 13.4. The third kappa shape index (κ3) is 5.61. The zero-order valence-electron chi connectivity index (χ0n) is 22.8. The first kappa shape index (κ1) is 28.5. The Balaban J connectivity index is 1.35. The third-order valence-electron chi connectivity index (χ3n) is 7.98. The monoisotopic (exact) mass is 568 g/mol. The Morgan fingerprint density at radius 3 is 2.46 bits per heavy atom. The number of hydrogen-bond acceptors (Lipinski definition) is 5. The summed E-state index contributed by atoms with van der Waals surface area (Å²) in [4.78, 5) is 28.3. The number of rotatable bonds is 7. The number of hydrogen-bond donors (Lipinski definition) is 1. The van der Waals surface area contributed by atoms with Gasteiger partial charge >= 0.3 is 0 Å². The van der Waals surface area contributed by atoms with E-state index in [-0.39, 0.29) is 41.8 Å². The highest BCUT2D eigenvalue weighted by Gasteiger charge is 2.47. The number of benzene rings is 3. The van der Waals surface area contributed by atoms with Gasteiger partial charge in [-0.2, -0.15) is 0 Å². The van der Waals surface area contributed by atoms with E-state index >= 15 is 4.39 Å². The average molecular weight is 569 g/mol. The van der Waals surface area contributed by atoms with Crippen LogP contribution in [0.1, 0.15) is 40.0 Å². The van der Waals surface area contributed by atoms with Gasteiger partial charge in [0.25, 0.3) is 11.8 Å². The van der Waals surface area contributed by atoms with Gasteiger partial charge < -0.3 is 24.4 Å². The molecule has 216 valence electrons. The Kier molecular flexibility index (Phi) is 8.21. The topological polar surface area (TPSA) is 77.1 Å². The van der Waals surface area contributed by atoms with Crippen LogP contribution in [0.4, 0.5) is 13.2 Å². The molecule has 0 bridgehead atoms. The number of ether oxygens (including phenoxy) is 3. The number of halogens is 3. The van der Waals surface area contributed by atoms with Crippen molar-refractivity contribution in [3.63, 3.8) is 0 Å². The highest BCUT2D eigenvalue weighted by atomic mass is 19.1. The number of nitrogens with zero attached hydrogens (tertiary/aromatic N) is 1. The van der Waals surface area contributed by atoms with E-state index in [1.165, 1.54) is 44.6 Å². The number of amides is 2. The molecule has 0 unspecified atom stereocenters. The summed E-state index contributed by atoms with van der Waals surface area (Å²) in [5.41, 5.74) is 0.160. The number of nitrogens with one attached hydrogen (secondary N) is 1. The summed E-state index contributed by atoms with van der Waals surface area (Å²) >= 11 is 0. The second kappa shape index (κ2) is 11.8. The molecule has 2 amide bonds. The van der Waals surface area contributed by atoms with Crippen LogP contribution in [0.2, 0.25) is 0 Å². The zero-order valence-corrected chi connectivity index (χ0v) is 22.8. The predicted molar refractivity (Wildman–Crippen MR) is 146 cm³/mol. The number of fused-ring (bicyclic) bond motifs is 1. The van der Waals surface area contributed by atoms with E-state index in [1.54, 1.807) is 23.1 Å². The highest BCUT2D eigenvalue weighted by molar-refractivity contribution is 5.98. The molecule has 2 saturated heterocycles. The number of methoxy groups -OCH3 is 2. The Hall–Kier alpha value is -4.05. The Bertz CT molecular complexity index is 1450. The molecule has 3 aromatic carbocycles. The molecule has 0 saturated carbocycles. The second-order valence-corrected chi connectivity index (χ2v) is 10.4. The van der Waals surface area contributed by atoms with Crippen LogP contribution < -0.4 is 14.8 Å². The van der Waals surface area contributed by atoms with Gasteiger partial charge in [0.1, 0.15) is 23.0 Å². The SMILES string of the molecule is COc1ccc(F)c(C(=O)NC[C@@]23CCCO[C@@H]2CCN(C(=O)c2ccc(-c4ccc(F)cc4)cc2F)C3)c1OC. The van der Waals surface area contributed by atoms with Crippen LogP contribution in [0.25, 0.3) is 11.1 Å². The minimum atomic E-state index is -0.755. The van der Waals surface area contributed by atoms with Crippen LogP contribution in [0.15, 0.2) is 54.6 Å². The van der Waals surface area contributed by atoms with E-state index in [4.69, 9.17) is 14.2 Å². The van der Waals surface area contributed by atoms with Crippen molar-refractivity contribution in [3.05, 3.63) is 83.2 Å². The van der Waals surface area contributed by atoms with Crippen molar-refractivity contribution in [2.45, 2.75) is 25.4 Å². The molecule has 2 heterocycles. The molecule has 0 spiro atoms. The summed E-state index contributed by atoms with van der Waals surface area (Å²) < 4.78 is 59.7. The number of carbonyl (C=O) groups is 2. The normalized spacial score (nSPS) is 20.2. The molecule has 7 nitrogen and oxygen atoms in total. The largest absolute Gasteiger partial charge is 0.493 e. The van der Waals surface area contributed by atoms with Crippen LogP contribution in [-0.2, 0) is 4.74 Å². The van der Waals surface area contributed by atoms with Gasteiger partial charge in [-0.15, -0.1) is 0 Å². The molecule has 2 atom stereocenters. The molecule has 2 aliphatic rings. The van der Waals surface area contributed by atoms with Crippen molar-refractivity contribution >= 4 is 11.8 Å². The lowest BCUT2D eigenvalue weighted by molar-refractivity contribution is -0.116.